The van der Waals surface area contributed by atoms with Crippen LogP contribution in [0.3, 0.4) is 0 Å². The van der Waals surface area contributed by atoms with Gasteiger partial charge in [-0.25, -0.2) is 0 Å². The van der Waals surface area contributed by atoms with Crippen molar-refractivity contribution in [3.8, 4) is 17.2 Å². The average molecular weight is 371 g/mol. The molecule has 0 unspecified atom stereocenters. The van der Waals surface area contributed by atoms with Gasteiger partial charge in [-0.1, -0.05) is 48.5 Å². The molecule has 5 nitrogen and oxygen atoms in total. The third-order valence-corrected chi connectivity index (χ3v) is 4.47. The highest BCUT2D eigenvalue weighted by atomic mass is 16.5. The van der Waals surface area contributed by atoms with E-state index in [1.807, 2.05) is 60.7 Å². The monoisotopic (exact) mass is 371 g/mol. The summed E-state index contributed by atoms with van der Waals surface area (Å²) in [7, 11) is 1.64. The summed E-state index contributed by atoms with van der Waals surface area (Å²) in [5.74, 6) is 1.87. The number of aromatic nitrogens is 2. The summed E-state index contributed by atoms with van der Waals surface area (Å²) in [6, 6.07) is 28.2. The van der Waals surface area contributed by atoms with Crippen LogP contribution in [0, 0.1) is 0 Å². The molecule has 4 rings (SSSR count). The number of hydrogen-bond acceptors (Lipinski definition) is 5. The summed E-state index contributed by atoms with van der Waals surface area (Å²) in [4.78, 5) is 2.22. The second-order valence-corrected chi connectivity index (χ2v) is 6.41. The zero-order valence-corrected chi connectivity index (χ0v) is 15.7. The summed E-state index contributed by atoms with van der Waals surface area (Å²) in [6.07, 6.45) is 0. The minimum absolute atomic E-state index is 0.505. The second kappa shape index (κ2) is 8.39. The molecule has 0 atom stereocenters. The molecule has 3 aromatic carbocycles. The molecule has 0 radical (unpaired) electrons. The van der Waals surface area contributed by atoms with Crippen molar-refractivity contribution in [3.05, 3.63) is 96.4 Å². The van der Waals surface area contributed by atoms with E-state index < -0.39 is 0 Å². The molecule has 0 aliphatic carbocycles. The molecule has 140 valence electrons. The fourth-order valence-electron chi connectivity index (χ4n) is 3.01. The Labute approximate surface area is 164 Å². The quantitative estimate of drug-likeness (QED) is 0.460. The van der Waals surface area contributed by atoms with Gasteiger partial charge in [0.15, 0.2) is 0 Å². The van der Waals surface area contributed by atoms with Crippen LogP contribution in [0.25, 0.3) is 11.5 Å². The van der Waals surface area contributed by atoms with Crippen molar-refractivity contribution in [2.24, 2.45) is 0 Å². The Balaban J connectivity index is 1.56. The van der Waals surface area contributed by atoms with Gasteiger partial charge in [-0.15, -0.1) is 10.2 Å². The van der Waals surface area contributed by atoms with E-state index in [1.165, 1.54) is 5.56 Å². The van der Waals surface area contributed by atoms with Crippen molar-refractivity contribution in [1.29, 1.82) is 0 Å². The zero-order valence-electron chi connectivity index (χ0n) is 15.7. The van der Waals surface area contributed by atoms with Crippen LogP contribution in [0.15, 0.2) is 89.3 Å². The third kappa shape index (κ3) is 4.20. The van der Waals surface area contributed by atoms with Crippen LogP contribution in [-0.2, 0) is 13.1 Å². The van der Waals surface area contributed by atoms with Gasteiger partial charge >= 0.3 is 0 Å². The second-order valence-electron chi connectivity index (χ2n) is 6.41. The van der Waals surface area contributed by atoms with Gasteiger partial charge in [0.1, 0.15) is 5.75 Å². The van der Waals surface area contributed by atoms with Gasteiger partial charge in [0.25, 0.3) is 0 Å². The Morgan fingerprint density at radius 1 is 0.786 bits per heavy atom. The number of anilines is 1. The number of para-hydroxylation sites is 1. The number of hydrogen-bond donors (Lipinski definition) is 0. The molecule has 4 aromatic rings. The van der Waals surface area contributed by atoms with E-state index in [0.717, 1.165) is 23.5 Å². The maximum Gasteiger partial charge on any atom is 0.247 e. The number of benzene rings is 3. The number of methoxy groups -OCH3 is 1. The van der Waals surface area contributed by atoms with Crippen LogP contribution in [0.4, 0.5) is 5.69 Å². The summed E-state index contributed by atoms with van der Waals surface area (Å²) >= 11 is 0. The highest BCUT2D eigenvalue weighted by Gasteiger charge is 2.14. The van der Waals surface area contributed by atoms with E-state index in [2.05, 4.69) is 39.4 Å². The molecule has 0 aliphatic rings. The minimum atomic E-state index is 0.505. The molecule has 0 spiro atoms. The van der Waals surface area contributed by atoms with Crippen molar-refractivity contribution in [2.75, 3.05) is 12.0 Å². The van der Waals surface area contributed by atoms with Crippen LogP contribution >= 0.6 is 0 Å². The average Bonchev–Trinajstić information content (AvgIpc) is 3.23. The van der Waals surface area contributed by atoms with Crippen LogP contribution < -0.4 is 9.64 Å². The van der Waals surface area contributed by atoms with Crippen LogP contribution in [-0.4, -0.2) is 17.3 Å². The molecule has 1 heterocycles. The maximum atomic E-state index is 5.93. The van der Waals surface area contributed by atoms with Crippen molar-refractivity contribution >= 4 is 5.69 Å². The SMILES string of the molecule is COc1ccc(-c2nnc(CN(Cc3ccccc3)c3ccccc3)o2)cc1. The van der Waals surface area contributed by atoms with Crippen molar-refractivity contribution in [3.63, 3.8) is 0 Å². The molecule has 0 bridgehead atoms. The molecule has 0 saturated heterocycles. The smallest absolute Gasteiger partial charge is 0.247 e. The lowest BCUT2D eigenvalue weighted by molar-refractivity contribution is 0.415. The predicted molar refractivity (Wildman–Crippen MR) is 109 cm³/mol. The normalized spacial score (nSPS) is 10.6. The predicted octanol–water partition coefficient (Wildman–Crippen LogP) is 4.95. The molecular weight excluding hydrogens is 350 g/mol. The Morgan fingerprint density at radius 3 is 2.14 bits per heavy atom. The van der Waals surface area contributed by atoms with Crippen LogP contribution in [0.1, 0.15) is 11.5 Å². The molecule has 0 saturated carbocycles. The van der Waals surface area contributed by atoms with Gasteiger partial charge < -0.3 is 14.1 Å². The molecule has 5 heteroatoms. The first-order valence-electron chi connectivity index (χ1n) is 9.12. The lowest BCUT2D eigenvalue weighted by atomic mass is 10.2. The highest BCUT2D eigenvalue weighted by molar-refractivity contribution is 5.54. The van der Waals surface area contributed by atoms with Crippen molar-refractivity contribution in [2.45, 2.75) is 13.1 Å². The number of ether oxygens (including phenoxy) is 1. The van der Waals surface area contributed by atoms with E-state index in [0.29, 0.717) is 18.3 Å². The molecule has 0 fully saturated rings. The molecule has 0 aliphatic heterocycles. The largest absolute Gasteiger partial charge is 0.497 e. The summed E-state index contributed by atoms with van der Waals surface area (Å²) in [5.41, 5.74) is 3.20. The van der Waals surface area contributed by atoms with E-state index in [9.17, 15) is 0 Å². The van der Waals surface area contributed by atoms with Crippen LogP contribution in [0.2, 0.25) is 0 Å². The first kappa shape index (κ1) is 17.8. The minimum Gasteiger partial charge on any atom is -0.497 e. The molecule has 0 amide bonds. The van der Waals surface area contributed by atoms with E-state index in [-0.39, 0.29) is 0 Å². The summed E-state index contributed by atoms with van der Waals surface area (Å²) in [6.45, 7) is 1.28. The van der Waals surface area contributed by atoms with Gasteiger partial charge in [-0.3, -0.25) is 0 Å². The molecule has 0 N–H and O–H groups in total. The standard InChI is InChI=1S/C23H21N3O2/c1-27-21-14-12-19(13-15-21)23-25-24-22(28-23)17-26(20-10-6-3-7-11-20)16-18-8-4-2-5-9-18/h2-15H,16-17H2,1H3. The number of rotatable bonds is 7. The van der Waals surface area contributed by atoms with Gasteiger partial charge in [-0.2, -0.15) is 0 Å². The number of nitrogens with zero attached hydrogens (tertiary/aromatic N) is 3. The first-order valence-corrected chi connectivity index (χ1v) is 9.12. The highest BCUT2D eigenvalue weighted by Crippen LogP contribution is 2.23. The Kier molecular flexibility index (Phi) is 5.33. The van der Waals surface area contributed by atoms with Gasteiger partial charge in [0.2, 0.25) is 11.8 Å². The van der Waals surface area contributed by atoms with Gasteiger partial charge in [-0.05, 0) is 42.0 Å². The lowest BCUT2D eigenvalue weighted by Crippen LogP contribution is -2.22. The van der Waals surface area contributed by atoms with E-state index >= 15 is 0 Å². The Morgan fingerprint density at radius 2 is 1.46 bits per heavy atom. The summed E-state index contributed by atoms with van der Waals surface area (Å²) < 4.78 is 11.1. The zero-order chi connectivity index (χ0) is 19.2. The first-order chi connectivity index (χ1) is 13.8. The topological polar surface area (TPSA) is 51.4 Å². The van der Waals surface area contributed by atoms with Gasteiger partial charge in [0.05, 0.1) is 13.7 Å². The van der Waals surface area contributed by atoms with Crippen LogP contribution in [0.5, 0.6) is 5.75 Å². The van der Waals surface area contributed by atoms with Crippen molar-refractivity contribution in [1.82, 2.24) is 10.2 Å². The lowest BCUT2D eigenvalue weighted by Gasteiger charge is -2.23. The molecular formula is C23H21N3O2. The fourth-order valence-corrected chi connectivity index (χ4v) is 3.01. The molecule has 28 heavy (non-hydrogen) atoms. The Hall–Kier alpha value is -3.60. The van der Waals surface area contributed by atoms with E-state index in [1.54, 1.807) is 7.11 Å². The van der Waals surface area contributed by atoms with E-state index in [4.69, 9.17) is 9.15 Å². The maximum absolute atomic E-state index is 5.93. The Bertz CT molecular complexity index is 999. The van der Waals surface area contributed by atoms with Crippen molar-refractivity contribution < 1.29 is 9.15 Å². The fraction of sp³-hybridized carbons (Fsp3) is 0.130. The summed E-state index contributed by atoms with van der Waals surface area (Å²) in [5, 5.41) is 8.46. The third-order valence-electron chi connectivity index (χ3n) is 4.47. The molecule has 1 aromatic heterocycles. The van der Waals surface area contributed by atoms with Gasteiger partial charge in [0, 0.05) is 17.8 Å².